The minimum absolute atomic E-state index is 0.0535. The predicted molar refractivity (Wildman–Crippen MR) is 140 cm³/mol. The van der Waals surface area contributed by atoms with Crippen molar-refractivity contribution in [3.05, 3.63) is 59.4 Å². The van der Waals surface area contributed by atoms with E-state index in [1.165, 1.54) is 107 Å². The van der Waals surface area contributed by atoms with Crippen molar-refractivity contribution in [2.75, 3.05) is 0 Å². The monoisotopic (exact) mass is 448 g/mol. The van der Waals surface area contributed by atoms with E-state index in [0.717, 1.165) is 17.0 Å². The maximum Gasteiger partial charge on any atom is 0.131 e. The molecule has 33 heavy (non-hydrogen) atoms. The van der Waals surface area contributed by atoms with Gasteiger partial charge >= 0.3 is 0 Å². The molecule has 0 radical (unpaired) electrons. The highest BCUT2D eigenvalue weighted by Crippen LogP contribution is 2.41. The highest BCUT2D eigenvalue weighted by Gasteiger charge is 2.28. The Bertz CT molecular complexity index is 851. The zero-order chi connectivity index (χ0) is 23.1. The lowest BCUT2D eigenvalue weighted by atomic mass is 9.71. The van der Waals surface area contributed by atoms with Crippen LogP contribution in [0.15, 0.2) is 42.5 Å². The minimum Gasteiger partial charge on any atom is -0.206 e. The summed E-state index contributed by atoms with van der Waals surface area (Å²) in [6.07, 6.45) is 20.0. The van der Waals surface area contributed by atoms with Gasteiger partial charge in [0, 0.05) is 5.56 Å². The molecule has 0 N–H and O–H groups in total. The van der Waals surface area contributed by atoms with Crippen LogP contribution in [-0.4, -0.2) is 0 Å². The molecule has 0 heterocycles. The summed E-state index contributed by atoms with van der Waals surface area (Å²) in [6.45, 7) is 4.68. The van der Waals surface area contributed by atoms with E-state index in [2.05, 4.69) is 44.2 Å². The summed E-state index contributed by atoms with van der Waals surface area (Å²) in [5.41, 5.74) is 4.69. The van der Waals surface area contributed by atoms with E-state index >= 15 is 4.39 Å². The van der Waals surface area contributed by atoms with Gasteiger partial charge in [-0.2, -0.15) is 0 Å². The van der Waals surface area contributed by atoms with Gasteiger partial charge in [0.25, 0.3) is 0 Å². The molecular weight excluding hydrogens is 403 g/mol. The predicted octanol–water partition coefficient (Wildman–Crippen LogP) is 10.3. The molecule has 180 valence electrons. The summed E-state index contributed by atoms with van der Waals surface area (Å²) < 4.78 is 15.2. The lowest BCUT2D eigenvalue weighted by molar-refractivity contribution is 0.301. The van der Waals surface area contributed by atoms with Gasteiger partial charge in [0.05, 0.1) is 0 Å². The summed E-state index contributed by atoms with van der Waals surface area (Å²) in [5.74, 6) is 1.39. The Kier molecular flexibility index (Phi) is 8.67. The smallest absolute Gasteiger partial charge is 0.131 e. The van der Waals surface area contributed by atoms with Gasteiger partial charge in [0.1, 0.15) is 5.82 Å². The van der Waals surface area contributed by atoms with Gasteiger partial charge in [0.2, 0.25) is 0 Å². The summed E-state index contributed by atoms with van der Waals surface area (Å²) in [7, 11) is 0. The molecule has 0 aromatic heterocycles. The summed E-state index contributed by atoms with van der Waals surface area (Å²) in [5, 5.41) is 0. The molecule has 4 rings (SSSR count). The maximum atomic E-state index is 15.2. The quantitative estimate of drug-likeness (QED) is 0.335. The molecule has 0 saturated heterocycles. The van der Waals surface area contributed by atoms with Crippen LogP contribution in [0.3, 0.4) is 0 Å². The zero-order valence-corrected chi connectivity index (χ0v) is 21.2. The number of halogens is 1. The molecule has 2 aromatic rings. The highest BCUT2D eigenvalue weighted by atomic mass is 19.1. The molecule has 1 heteroatoms. The third-order valence-corrected chi connectivity index (χ3v) is 8.88. The van der Waals surface area contributed by atoms with E-state index < -0.39 is 0 Å². The topological polar surface area (TPSA) is 0 Å². The Morgan fingerprint density at radius 3 is 2.18 bits per heavy atom. The number of unbranched alkanes of at least 4 members (excludes halogenated alkanes) is 4. The van der Waals surface area contributed by atoms with Crippen LogP contribution >= 0.6 is 0 Å². The first-order valence-electron chi connectivity index (χ1n) is 14.0. The van der Waals surface area contributed by atoms with Crippen molar-refractivity contribution in [2.45, 2.75) is 121 Å². The van der Waals surface area contributed by atoms with Crippen LogP contribution in [0.1, 0.15) is 127 Å². The molecule has 0 unspecified atom stereocenters. The molecular formula is C32H45F. The fourth-order valence-corrected chi connectivity index (χ4v) is 6.51. The highest BCUT2D eigenvalue weighted by molar-refractivity contribution is 5.65. The second kappa shape index (κ2) is 11.7. The fraction of sp³-hybridized carbons (Fsp3) is 0.625. The van der Waals surface area contributed by atoms with Crippen LogP contribution in [0, 0.1) is 11.7 Å². The minimum atomic E-state index is -0.0535. The number of hydrogen-bond donors (Lipinski definition) is 0. The van der Waals surface area contributed by atoms with Gasteiger partial charge < -0.3 is 0 Å². The number of hydrogen-bond acceptors (Lipinski definition) is 0. The van der Waals surface area contributed by atoms with Crippen molar-refractivity contribution in [2.24, 2.45) is 5.92 Å². The van der Waals surface area contributed by atoms with Gasteiger partial charge in [-0.25, -0.2) is 4.39 Å². The van der Waals surface area contributed by atoms with Crippen LogP contribution in [0.25, 0.3) is 11.1 Å². The molecule has 0 amide bonds. The Balaban J connectivity index is 1.33. The molecule has 0 spiro atoms. The Hall–Kier alpha value is -1.63. The molecule has 0 atom stereocenters. The largest absolute Gasteiger partial charge is 0.206 e. The van der Waals surface area contributed by atoms with E-state index in [0.29, 0.717) is 11.3 Å². The van der Waals surface area contributed by atoms with Gasteiger partial charge in [-0.05, 0) is 78.5 Å². The normalized spacial score (nSPS) is 22.9. The molecule has 2 aliphatic rings. The molecule has 2 fully saturated rings. The summed E-state index contributed by atoms with van der Waals surface area (Å²) in [6, 6.07) is 14.8. The first-order valence-corrected chi connectivity index (χ1v) is 14.0. The lowest BCUT2D eigenvalue weighted by Crippen LogP contribution is -2.24. The Labute approximate surface area is 202 Å². The van der Waals surface area contributed by atoms with Gasteiger partial charge in [0.15, 0.2) is 0 Å². The first kappa shape index (κ1) is 24.5. The average Bonchev–Trinajstić information content (AvgIpc) is 2.85. The van der Waals surface area contributed by atoms with Crippen LogP contribution in [0.2, 0.25) is 0 Å². The van der Waals surface area contributed by atoms with Crippen molar-refractivity contribution < 1.29 is 4.39 Å². The van der Waals surface area contributed by atoms with Crippen LogP contribution in [-0.2, 0) is 5.41 Å². The Morgan fingerprint density at radius 2 is 1.52 bits per heavy atom. The van der Waals surface area contributed by atoms with E-state index in [-0.39, 0.29) is 5.82 Å². The number of rotatable bonds is 9. The van der Waals surface area contributed by atoms with Crippen molar-refractivity contribution >= 4 is 0 Å². The molecule has 2 aromatic carbocycles. The molecule has 2 saturated carbocycles. The first-order chi connectivity index (χ1) is 16.1. The molecule has 0 nitrogen and oxygen atoms in total. The van der Waals surface area contributed by atoms with E-state index in [1.54, 1.807) is 0 Å². The maximum absolute atomic E-state index is 15.2. The SMILES string of the molecule is CCCCCCCC1CCC(c2ccc(-c3ccc(C4(C)CCCCC4)cc3)c(F)c2)CC1. The molecule has 0 bridgehead atoms. The van der Waals surface area contributed by atoms with Gasteiger partial charge in [-0.15, -0.1) is 0 Å². The van der Waals surface area contributed by atoms with Crippen molar-refractivity contribution in [1.29, 1.82) is 0 Å². The van der Waals surface area contributed by atoms with Crippen LogP contribution < -0.4 is 0 Å². The van der Waals surface area contributed by atoms with E-state index in [4.69, 9.17) is 0 Å². The van der Waals surface area contributed by atoms with Gasteiger partial charge in [-0.1, -0.05) is 108 Å². The van der Waals surface area contributed by atoms with Crippen molar-refractivity contribution in [3.8, 4) is 11.1 Å². The Morgan fingerprint density at radius 1 is 0.818 bits per heavy atom. The van der Waals surface area contributed by atoms with E-state index in [9.17, 15) is 0 Å². The third-order valence-electron chi connectivity index (χ3n) is 8.88. The lowest BCUT2D eigenvalue weighted by Gasteiger charge is -2.34. The summed E-state index contributed by atoms with van der Waals surface area (Å²) >= 11 is 0. The molecule has 0 aliphatic heterocycles. The fourth-order valence-electron chi connectivity index (χ4n) is 6.51. The van der Waals surface area contributed by atoms with Crippen LogP contribution in [0.4, 0.5) is 4.39 Å². The van der Waals surface area contributed by atoms with Crippen molar-refractivity contribution in [3.63, 3.8) is 0 Å². The van der Waals surface area contributed by atoms with Crippen molar-refractivity contribution in [1.82, 2.24) is 0 Å². The number of benzene rings is 2. The zero-order valence-electron chi connectivity index (χ0n) is 21.2. The van der Waals surface area contributed by atoms with Gasteiger partial charge in [-0.3, -0.25) is 0 Å². The molecule has 2 aliphatic carbocycles. The van der Waals surface area contributed by atoms with Crippen LogP contribution in [0.5, 0.6) is 0 Å². The van der Waals surface area contributed by atoms with E-state index in [1.807, 2.05) is 12.1 Å². The second-order valence-corrected chi connectivity index (χ2v) is 11.4. The standard InChI is InChI=1S/C32H45F/c1-3-4-5-6-8-11-25-12-14-26(15-13-25)28-18-21-30(31(33)24-28)27-16-19-29(20-17-27)32(2)22-9-7-10-23-32/h16-21,24-26H,3-15,22-23H2,1-2H3. The summed E-state index contributed by atoms with van der Waals surface area (Å²) in [4.78, 5) is 0. The second-order valence-electron chi connectivity index (χ2n) is 11.4. The average molecular weight is 449 g/mol. The third kappa shape index (κ3) is 6.28.